The number of hydrogen-bond acceptors (Lipinski definition) is 1. The lowest BCUT2D eigenvalue weighted by atomic mass is 10.5. The Morgan fingerprint density at radius 3 is 3.00 bits per heavy atom. The van der Waals surface area contributed by atoms with Crippen LogP contribution in [0.2, 0.25) is 0 Å². The van der Waals surface area contributed by atoms with Crippen molar-refractivity contribution >= 4 is 12.6 Å². The summed E-state index contributed by atoms with van der Waals surface area (Å²) in [6.45, 7) is 4.46. The molecule has 52 valence electrons. The van der Waals surface area contributed by atoms with Gasteiger partial charge < -0.3 is 0 Å². The van der Waals surface area contributed by atoms with Crippen LogP contribution in [-0.4, -0.2) is 0 Å². The first-order valence-electron chi connectivity index (χ1n) is 3.13. The van der Waals surface area contributed by atoms with E-state index in [0.717, 1.165) is 11.6 Å². The largest absolute Gasteiger partial charge is 0.237 e. The molecule has 1 aromatic rings. The average Bonchev–Trinajstić information content (AvgIpc) is 1.94. The van der Waals surface area contributed by atoms with Crippen molar-refractivity contribution in [3.8, 4) is 0 Å². The van der Waals surface area contributed by atoms with Gasteiger partial charge in [-0.1, -0.05) is 19.2 Å². The van der Waals surface area contributed by atoms with E-state index in [4.69, 9.17) is 0 Å². The molecule has 0 fully saturated rings. The summed E-state index contributed by atoms with van der Waals surface area (Å²) >= 11 is 4.25. The predicted molar refractivity (Wildman–Crippen MR) is 44.1 cm³/mol. The van der Waals surface area contributed by atoms with Crippen molar-refractivity contribution < 1.29 is 4.57 Å². The van der Waals surface area contributed by atoms with Crippen LogP contribution in [0.15, 0.2) is 42.1 Å². The first-order valence-corrected chi connectivity index (χ1v) is 3.57. The van der Waals surface area contributed by atoms with E-state index in [1.54, 1.807) is 0 Å². The number of hydrogen-bond donors (Lipinski definition) is 1. The molecule has 0 bridgehead atoms. The minimum Gasteiger partial charge on any atom is -0.190 e. The minimum atomic E-state index is 0.819. The Kier molecular flexibility index (Phi) is 2.51. The van der Waals surface area contributed by atoms with Crippen molar-refractivity contribution in [1.82, 2.24) is 0 Å². The molecule has 0 aliphatic rings. The summed E-state index contributed by atoms with van der Waals surface area (Å²) in [5.41, 5.74) is 0. The van der Waals surface area contributed by atoms with Crippen LogP contribution in [0.3, 0.4) is 0 Å². The third-order valence-corrected chi connectivity index (χ3v) is 1.65. The average molecular weight is 152 g/mol. The van der Waals surface area contributed by atoms with Crippen LogP contribution >= 0.6 is 12.6 Å². The summed E-state index contributed by atoms with van der Waals surface area (Å²) in [6, 6.07) is 5.89. The van der Waals surface area contributed by atoms with Gasteiger partial charge in [-0.3, -0.25) is 0 Å². The van der Waals surface area contributed by atoms with Gasteiger partial charge in [-0.15, -0.1) is 0 Å². The van der Waals surface area contributed by atoms with Crippen molar-refractivity contribution in [2.45, 2.75) is 11.6 Å². The van der Waals surface area contributed by atoms with Crippen LogP contribution < -0.4 is 4.57 Å². The second kappa shape index (κ2) is 3.42. The van der Waals surface area contributed by atoms with Gasteiger partial charge in [0.1, 0.15) is 0 Å². The molecule has 0 unspecified atom stereocenters. The van der Waals surface area contributed by atoms with Crippen LogP contribution in [0, 0.1) is 0 Å². The minimum absolute atomic E-state index is 0.819. The van der Waals surface area contributed by atoms with E-state index in [0.29, 0.717) is 0 Å². The van der Waals surface area contributed by atoms with Gasteiger partial charge in [-0.25, -0.2) is 0 Å². The number of pyridine rings is 1. The number of allylic oxidation sites excluding steroid dienone is 1. The Balaban J connectivity index is 2.91. The SMILES string of the molecule is C=CC[n+]1ccccc1S. The van der Waals surface area contributed by atoms with E-state index in [1.807, 2.05) is 35.0 Å². The Morgan fingerprint density at radius 2 is 2.40 bits per heavy atom. The standard InChI is InChI=1S/C8H9NS/c1-2-6-9-7-4-3-5-8(9)10/h2-5,7H,1,6H2/p+1. The second-order valence-corrected chi connectivity index (χ2v) is 2.46. The molecular formula is C8H10NS+. The van der Waals surface area contributed by atoms with E-state index < -0.39 is 0 Å². The molecular weight excluding hydrogens is 142 g/mol. The molecule has 1 rings (SSSR count). The third-order valence-electron chi connectivity index (χ3n) is 1.24. The Morgan fingerprint density at radius 1 is 1.60 bits per heavy atom. The van der Waals surface area contributed by atoms with Crippen molar-refractivity contribution in [3.05, 3.63) is 37.1 Å². The quantitative estimate of drug-likeness (QED) is 0.371. The fourth-order valence-corrected chi connectivity index (χ4v) is 0.995. The van der Waals surface area contributed by atoms with Gasteiger partial charge in [0.25, 0.3) is 0 Å². The maximum Gasteiger partial charge on any atom is 0.237 e. The highest BCUT2D eigenvalue weighted by Crippen LogP contribution is 1.95. The Bertz CT molecular complexity index is 232. The summed E-state index contributed by atoms with van der Waals surface area (Å²) in [5, 5.41) is 0.961. The molecule has 0 aliphatic heterocycles. The first kappa shape index (κ1) is 7.35. The lowest BCUT2D eigenvalue weighted by Crippen LogP contribution is -2.33. The summed E-state index contributed by atoms with van der Waals surface area (Å²) in [5.74, 6) is 0. The summed E-state index contributed by atoms with van der Waals surface area (Å²) in [6.07, 6.45) is 3.82. The van der Waals surface area contributed by atoms with Gasteiger partial charge in [0.2, 0.25) is 5.03 Å². The molecule has 0 saturated carbocycles. The van der Waals surface area contributed by atoms with Crippen LogP contribution in [0.5, 0.6) is 0 Å². The highest BCUT2D eigenvalue weighted by Gasteiger charge is 1.99. The summed E-state index contributed by atoms with van der Waals surface area (Å²) < 4.78 is 2.01. The zero-order valence-electron chi connectivity index (χ0n) is 5.70. The van der Waals surface area contributed by atoms with Crippen LogP contribution in [0.1, 0.15) is 0 Å². The van der Waals surface area contributed by atoms with Gasteiger partial charge in [0, 0.05) is 12.1 Å². The molecule has 1 heterocycles. The summed E-state index contributed by atoms with van der Waals surface area (Å²) in [7, 11) is 0. The van der Waals surface area contributed by atoms with Crippen LogP contribution in [0.25, 0.3) is 0 Å². The topological polar surface area (TPSA) is 3.88 Å². The van der Waals surface area contributed by atoms with Crippen LogP contribution in [-0.2, 0) is 6.54 Å². The second-order valence-electron chi connectivity index (χ2n) is 2.00. The maximum absolute atomic E-state index is 4.25. The van der Waals surface area contributed by atoms with E-state index in [2.05, 4.69) is 19.2 Å². The molecule has 0 atom stereocenters. The maximum atomic E-state index is 4.25. The van der Waals surface area contributed by atoms with Crippen molar-refractivity contribution in [2.24, 2.45) is 0 Å². The van der Waals surface area contributed by atoms with E-state index in [9.17, 15) is 0 Å². The van der Waals surface area contributed by atoms with Gasteiger partial charge >= 0.3 is 0 Å². The number of rotatable bonds is 2. The molecule has 0 amide bonds. The predicted octanol–water partition coefficient (Wildman–Crippen LogP) is 1.45. The molecule has 0 aliphatic carbocycles. The molecule has 2 heteroatoms. The van der Waals surface area contributed by atoms with E-state index in [1.165, 1.54) is 0 Å². The Hall–Kier alpha value is -0.760. The number of nitrogens with zero attached hydrogens (tertiary/aromatic N) is 1. The van der Waals surface area contributed by atoms with Crippen molar-refractivity contribution in [2.75, 3.05) is 0 Å². The fourth-order valence-electron chi connectivity index (χ4n) is 0.761. The molecule has 10 heavy (non-hydrogen) atoms. The lowest BCUT2D eigenvalue weighted by Gasteiger charge is -1.92. The molecule has 0 N–H and O–H groups in total. The number of aromatic nitrogens is 1. The lowest BCUT2D eigenvalue weighted by molar-refractivity contribution is -0.723. The Labute approximate surface area is 66.4 Å². The zero-order chi connectivity index (χ0) is 7.40. The van der Waals surface area contributed by atoms with Gasteiger partial charge in [-0.05, 0) is 12.1 Å². The van der Waals surface area contributed by atoms with Crippen molar-refractivity contribution in [3.63, 3.8) is 0 Å². The van der Waals surface area contributed by atoms with E-state index in [-0.39, 0.29) is 0 Å². The highest BCUT2D eigenvalue weighted by atomic mass is 32.1. The number of thiol groups is 1. The first-order chi connectivity index (χ1) is 4.84. The molecule has 0 aromatic carbocycles. The van der Waals surface area contributed by atoms with E-state index >= 15 is 0 Å². The molecule has 1 nitrogen and oxygen atoms in total. The zero-order valence-corrected chi connectivity index (χ0v) is 6.59. The normalized spacial score (nSPS) is 9.30. The third kappa shape index (κ3) is 1.61. The van der Waals surface area contributed by atoms with Gasteiger partial charge in [0.15, 0.2) is 12.7 Å². The smallest absolute Gasteiger partial charge is 0.190 e. The highest BCUT2D eigenvalue weighted by molar-refractivity contribution is 7.80. The molecule has 0 spiro atoms. The molecule has 0 radical (unpaired) electrons. The van der Waals surface area contributed by atoms with Gasteiger partial charge in [-0.2, -0.15) is 4.57 Å². The summed E-state index contributed by atoms with van der Waals surface area (Å²) in [4.78, 5) is 0. The van der Waals surface area contributed by atoms with Crippen molar-refractivity contribution in [1.29, 1.82) is 0 Å². The molecule has 0 saturated heterocycles. The van der Waals surface area contributed by atoms with Gasteiger partial charge in [0.05, 0.1) is 0 Å². The monoisotopic (exact) mass is 152 g/mol. The molecule has 1 aromatic heterocycles. The fraction of sp³-hybridized carbons (Fsp3) is 0.125. The van der Waals surface area contributed by atoms with Crippen LogP contribution in [0.4, 0.5) is 0 Å².